The van der Waals surface area contributed by atoms with Crippen LogP contribution in [-0.2, 0) is 6.42 Å². The predicted octanol–water partition coefficient (Wildman–Crippen LogP) is 2.63. The van der Waals surface area contributed by atoms with Crippen LogP contribution in [0.15, 0.2) is 24.5 Å². The van der Waals surface area contributed by atoms with Gasteiger partial charge in [-0.3, -0.25) is 0 Å². The van der Waals surface area contributed by atoms with E-state index in [1.54, 1.807) is 12.3 Å². The van der Waals surface area contributed by atoms with Crippen LogP contribution in [0.3, 0.4) is 0 Å². The van der Waals surface area contributed by atoms with Crippen LogP contribution in [0, 0.1) is 5.41 Å². The molecule has 0 aliphatic carbocycles. The van der Waals surface area contributed by atoms with E-state index >= 15 is 0 Å². The number of fused-ring (bicyclic) bond motifs is 1. The van der Waals surface area contributed by atoms with E-state index in [4.69, 9.17) is 0 Å². The topological polar surface area (TPSA) is 37.5 Å². The Morgan fingerprint density at radius 1 is 1.40 bits per heavy atom. The molecule has 1 N–H and O–H groups in total. The Bertz CT molecular complexity index is 480. The first kappa shape index (κ1) is 10.0. The molecule has 2 aromatic rings. The summed E-state index contributed by atoms with van der Waals surface area (Å²) in [5.41, 5.74) is 0.976. The molecule has 0 aliphatic rings. The number of imidazole rings is 1. The van der Waals surface area contributed by atoms with Crippen molar-refractivity contribution in [3.05, 3.63) is 30.4 Å². The van der Waals surface area contributed by atoms with Crippen LogP contribution in [0.25, 0.3) is 5.52 Å². The molecule has 0 spiro atoms. The Balaban J connectivity index is 2.50. The molecule has 0 aliphatic heterocycles. The molecular weight excluding hydrogens is 188 g/mol. The van der Waals surface area contributed by atoms with E-state index in [0.29, 0.717) is 0 Å². The smallest absolute Gasteiger partial charge is 0.141 e. The summed E-state index contributed by atoms with van der Waals surface area (Å²) in [4.78, 5) is 4.34. The van der Waals surface area contributed by atoms with Gasteiger partial charge in [0.1, 0.15) is 17.1 Å². The Hall–Kier alpha value is -1.51. The normalized spacial score (nSPS) is 12.2. The molecule has 3 heteroatoms. The van der Waals surface area contributed by atoms with Crippen LogP contribution in [0.4, 0.5) is 0 Å². The van der Waals surface area contributed by atoms with E-state index in [9.17, 15) is 5.11 Å². The molecule has 0 saturated heterocycles. The molecule has 0 radical (unpaired) electrons. The maximum Gasteiger partial charge on any atom is 0.141 e. The van der Waals surface area contributed by atoms with Crippen molar-refractivity contribution in [2.75, 3.05) is 0 Å². The summed E-state index contributed by atoms with van der Waals surface area (Å²) >= 11 is 0. The van der Waals surface area contributed by atoms with E-state index in [2.05, 4.69) is 25.8 Å². The van der Waals surface area contributed by atoms with Gasteiger partial charge in [0, 0.05) is 12.6 Å². The van der Waals surface area contributed by atoms with Crippen LogP contribution in [0.2, 0.25) is 0 Å². The Kier molecular flexibility index (Phi) is 2.18. The molecular formula is C12H16N2O. The van der Waals surface area contributed by atoms with Gasteiger partial charge in [-0.05, 0) is 17.5 Å². The fourth-order valence-electron chi connectivity index (χ4n) is 1.67. The molecule has 3 nitrogen and oxygen atoms in total. The van der Waals surface area contributed by atoms with Gasteiger partial charge in [0.05, 0.1) is 6.20 Å². The molecule has 0 bridgehead atoms. The van der Waals surface area contributed by atoms with Crippen molar-refractivity contribution < 1.29 is 5.11 Å². The fourth-order valence-corrected chi connectivity index (χ4v) is 1.67. The number of nitrogens with zero attached hydrogens (tertiary/aromatic N) is 2. The highest BCUT2D eigenvalue weighted by atomic mass is 16.3. The zero-order valence-corrected chi connectivity index (χ0v) is 9.36. The highest BCUT2D eigenvalue weighted by Gasteiger charge is 2.15. The minimum Gasteiger partial charge on any atom is -0.506 e. The number of rotatable bonds is 1. The maximum atomic E-state index is 9.62. The van der Waals surface area contributed by atoms with E-state index in [0.717, 1.165) is 17.8 Å². The van der Waals surface area contributed by atoms with Crippen LogP contribution < -0.4 is 0 Å². The number of hydrogen-bond acceptors (Lipinski definition) is 2. The molecule has 0 saturated carbocycles. The molecule has 0 atom stereocenters. The van der Waals surface area contributed by atoms with Crippen molar-refractivity contribution in [2.24, 2.45) is 5.41 Å². The molecule has 0 aromatic carbocycles. The minimum absolute atomic E-state index is 0.201. The van der Waals surface area contributed by atoms with E-state index < -0.39 is 0 Å². The monoisotopic (exact) mass is 204 g/mol. The SMILES string of the molecule is CC(C)(C)Cc1ncc2c(O)cccn12. The Morgan fingerprint density at radius 2 is 2.13 bits per heavy atom. The lowest BCUT2D eigenvalue weighted by Gasteiger charge is -2.16. The lowest BCUT2D eigenvalue weighted by Crippen LogP contribution is -2.11. The lowest BCUT2D eigenvalue weighted by molar-refractivity contribution is 0.399. The van der Waals surface area contributed by atoms with Gasteiger partial charge in [0.25, 0.3) is 0 Å². The minimum atomic E-state index is 0.201. The summed E-state index contributed by atoms with van der Waals surface area (Å²) in [6, 6.07) is 3.51. The number of aromatic nitrogens is 2. The second-order valence-corrected chi connectivity index (χ2v) is 5.06. The van der Waals surface area contributed by atoms with Gasteiger partial charge in [-0.2, -0.15) is 0 Å². The first-order valence-corrected chi connectivity index (χ1v) is 5.11. The van der Waals surface area contributed by atoms with Crippen LogP contribution in [-0.4, -0.2) is 14.5 Å². The van der Waals surface area contributed by atoms with Crippen molar-refractivity contribution in [2.45, 2.75) is 27.2 Å². The largest absolute Gasteiger partial charge is 0.506 e. The summed E-state index contributed by atoms with van der Waals surface area (Å²) in [5.74, 6) is 1.28. The number of pyridine rings is 1. The summed E-state index contributed by atoms with van der Waals surface area (Å²) in [5, 5.41) is 9.62. The van der Waals surface area contributed by atoms with Gasteiger partial charge in [0.15, 0.2) is 0 Å². The first-order valence-electron chi connectivity index (χ1n) is 5.11. The molecule has 2 heterocycles. The lowest BCUT2D eigenvalue weighted by atomic mass is 9.92. The Morgan fingerprint density at radius 3 is 2.80 bits per heavy atom. The molecule has 15 heavy (non-hydrogen) atoms. The van der Waals surface area contributed by atoms with Gasteiger partial charge in [-0.1, -0.05) is 20.8 Å². The molecule has 2 rings (SSSR count). The summed E-state index contributed by atoms with van der Waals surface area (Å²) in [6.45, 7) is 6.53. The third kappa shape index (κ3) is 1.96. The number of aromatic hydroxyl groups is 1. The first-order chi connectivity index (χ1) is 6.97. The van der Waals surface area contributed by atoms with Gasteiger partial charge in [-0.15, -0.1) is 0 Å². The summed E-state index contributed by atoms with van der Waals surface area (Å²) in [6.07, 6.45) is 4.55. The summed E-state index contributed by atoms with van der Waals surface area (Å²) < 4.78 is 1.95. The van der Waals surface area contributed by atoms with Crippen molar-refractivity contribution in [1.82, 2.24) is 9.38 Å². The fraction of sp³-hybridized carbons (Fsp3) is 0.417. The summed E-state index contributed by atoms with van der Waals surface area (Å²) in [7, 11) is 0. The molecule has 2 aromatic heterocycles. The van der Waals surface area contributed by atoms with Crippen molar-refractivity contribution in [3.63, 3.8) is 0 Å². The van der Waals surface area contributed by atoms with Gasteiger partial charge < -0.3 is 9.51 Å². The van der Waals surface area contributed by atoms with Crippen molar-refractivity contribution in [3.8, 4) is 5.75 Å². The van der Waals surface area contributed by atoms with Gasteiger partial charge in [-0.25, -0.2) is 4.98 Å². The van der Waals surface area contributed by atoms with E-state index in [1.165, 1.54) is 0 Å². The second-order valence-electron chi connectivity index (χ2n) is 5.06. The van der Waals surface area contributed by atoms with Crippen LogP contribution in [0.1, 0.15) is 26.6 Å². The predicted molar refractivity (Wildman–Crippen MR) is 60.0 cm³/mol. The zero-order chi connectivity index (χ0) is 11.1. The van der Waals surface area contributed by atoms with E-state index in [-0.39, 0.29) is 11.2 Å². The van der Waals surface area contributed by atoms with Gasteiger partial charge >= 0.3 is 0 Å². The number of hydrogen-bond donors (Lipinski definition) is 1. The van der Waals surface area contributed by atoms with Crippen molar-refractivity contribution >= 4 is 5.52 Å². The highest BCUT2D eigenvalue weighted by Crippen LogP contribution is 2.23. The average molecular weight is 204 g/mol. The van der Waals surface area contributed by atoms with Crippen LogP contribution >= 0.6 is 0 Å². The highest BCUT2D eigenvalue weighted by molar-refractivity contribution is 5.58. The van der Waals surface area contributed by atoms with Crippen LogP contribution in [0.5, 0.6) is 5.75 Å². The quantitative estimate of drug-likeness (QED) is 0.775. The Labute approximate surface area is 89.4 Å². The third-order valence-electron chi connectivity index (χ3n) is 2.31. The third-order valence-corrected chi connectivity index (χ3v) is 2.31. The zero-order valence-electron chi connectivity index (χ0n) is 9.36. The molecule has 0 fully saturated rings. The molecule has 0 amide bonds. The second kappa shape index (κ2) is 3.26. The average Bonchev–Trinajstić information content (AvgIpc) is 2.48. The van der Waals surface area contributed by atoms with Crippen molar-refractivity contribution in [1.29, 1.82) is 0 Å². The molecule has 0 unspecified atom stereocenters. The maximum absolute atomic E-state index is 9.62. The standard InChI is InChI=1S/C12H16N2O/c1-12(2,3)7-11-13-8-9-10(15)5-4-6-14(9)11/h4-6,8,15H,7H2,1-3H3. The molecule has 80 valence electrons. The van der Waals surface area contributed by atoms with Gasteiger partial charge in [0.2, 0.25) is 0 Å². The van der Waals surface area contributed by atoms with E-state index in [1.807, 2.05) is 16.7 Å².